The quantitative estimate of drug-likeness (QED) is 0.698. The van der Waals surface area contributed by atoms with Crippen molar-refractivity contribution in [3.8, 4) is 0 Å². The van der Waals surface area contributed by atoms with Crippen molar-refractivity contribution in [2.24, 2.45) is 0 Å². The molecule has 2 aromatic carbocycles. The van der Waals surface area contributed by atoms with E-state index >= 15 is 0 Å². The molecule has 0 fully saturated rings. The van der Waals surface area contributed by atoms with Crippen LogP contribution in [0, 0.1) is 0 Å². The molecular formula is C19H20Cl2N2O3. The highest BCUT2D eigenvalue weighted by Crippen LogP contribution is 2.22. The second-order valence-corrected chi connectivity index (χ2v) is 7.39. The highest BCUT2D eigenvalue weighted by atomic mass is 35.5. The number of amides is 2. The number of carbonyl (C=O) groups is 2. The molecule has 0 aliphatic rings. The van der Waals surface area contributed by atoms with Crippen molar-refractivity contribution in [1.29, 1.82) is 0 Å². The van der Waals surface area contributed by atoms with Gasteiger partial charge < -0.3 is 15.7 Å². The van der Waals surface area contributed by atoms with Crippen LogP contribution in [0.1, 0.15) is 29.8 Å². The first-order chi connectivity index (χ1) is 12.2. The van der Waals surface area contributed by atoms with Crippen molar-refractivity contribution in [3.05, 3.63) is 63.6 Å². The molecule has 138 valence electrons. The van der Waals surface area contributed by atoms with Crippen LogP contribution in [0.3, 0.4) is 0 Å². The SMILES string of the molecule is CC(C)(CO)NC(=O)Cc1ccc(NC(=O)c2cc(Cl)ccc2Cl)cc1. The van der Waals surface area contributed by atoms with E-state index in [9.17, 15) is 14.7 Å². The van der Waals surface area contributed by atoms with Gasteiger partial charge in [-0.2, -0.15) is 0 Å². The highest BCUT2D eigenvalue weighted by molar-refractivity contribution is 6.36. The van der Waals surface area contributed by atoms with Crippen LogP contribution in [-0.2, 0) is 11.2 Å². The van der Waals surface area contributed by atoms with E-state index in [1.165, 1.54) is 6.07 Å². The zero-order valence-corrected chi connectivity index (χ0v) is 16.0. The lowest BCUT2D eigenvalue weighted by atomic mass is 10.1. The molecule has 0 aliphatic heterocycles. The van der Waals surface area contributed by atoms with Gasteiger partial charge in [0.25, 0.3) is 5.91 Å². The lowest BCUT2D eigenvalue weighted by molar-refractivity contribution is -0.122. The number of carbonyl (C=O) groups excluding carboxylic acids is 2. The Bertz CT molecular complexity index is 805. The van der Waals surface area contributed by atoms with Gasteiger partial charge in [-0.05, 0) is 49.7 Å². The normalized spacial score (nSPS) is 11.1. The summed E-state index contributed by atoms with van der Waals surface area (Å²) >= 11 is 11.9. The summed E-state index contributed by atoms with van der Waals surface area (Å²) in [6.45, 7) is 3.34. The van der Waals surface area contributed by atoms with Crippen molar-refractivity contribution < 1.29 is 14.7 Å². The molecule has 0 atom stereocenters. The minimum atomic E-state index is -0.665. The van der Waals surface area contributed by atoms with Gasteiger partial charge in [0.1, 0.15) is 0 Å². The number of aliphatic hydroxyl groups is 1. The molecule has 5 nitrogen and oxygen atoms in total. The smallest absolute Gasteiger partial charge is 0.257 e. The number of benzene rings is 2. The summed E-state index contributed by atoms with van der Waals surface area (Å²) in [4.78, 5) is 24.3. The lowest BCUT2D eigenvalue weighted by Gasteiger charge is -2.23. The summed E-state index contributed by atoms with van der Waals surface area (Å²) in [5, 5.41) is 15.4. The minimum Gasteiger partial charge on any atom is -0.394 e. The van der Waals surface area contributed by atoms with Gasteiger partial charge in [-0.15, -0.1) is 0 Å². The summed E-state index contributed by atoms with van der Waals surface area (Å²) in [5.74, 6) is -0.556. The van der Waals surface area contributed by atoms with E-state index in [1.54, 1.807) is 50.2 Å². The average Bonchev–Trinajstić information content (AvgIpc) is 2.58. The fourth-order valence-corrected chi connectivity index (χ4v) is 2.60. The van der Waals surface area contributed by atoms with Crippen molar-refractivity contribution >= 4 is 40.7 Å². The number of anilines is 1. The van der Waals surface area contributed by atoms with Crippen LogP contribution < -0.4 is 10.6 Å². The molecule has 26 heavy (non-hydrogen) atoms. The number of rotatable bonds is 6. The molecular weight excluding hydrogens is 375 g/mol. The maximum atomic E-state index is 12.3. The third-order valence-corrected chi connectivity index (χ3v) is 4.19. The Morgan fingerprint density at radius 3 is 2.35 bits per heavy atom. The maximum absolute atomic E-state index is 12.3. The Morgan fingerprint density at radius 1 is 1.08 bits per heavy atom. The van der Waals surface area contributed by atoms with Crippen LogP contribution in [0.25, 0.3) is 0 Å². The molecule has 0 unspecified atom stereocenters. The first-order valence-electron chi connectivity index (χ1n) is 7.97. The Hall–Kier alpha value is -2.08. The minimum absolute atomic E-state index is 0.143. The fraction of sp³-hybridized carbons (Fsp3) is 0.263. The van der Waals surface area contributed by atoms with E-state index in [4.69, 9.17) is 23.2 Å². The highest BCUT2D eigenvalue weighted by Gasteiger charge is 2.19. The molecule has 0 aromatic heterocycles. The molecule has 0 saturated heterocycles. The molecule has 0 aliphatic carbocycles. The van der Waals surface area contributed by atoms with Crippen LogP contribution in [0.5, 0.6) is 0 Å². The first-order valence-corrected chi connectivity index (χ1v) is 8.73. The summed E-state index contributed by atoms with van der Waals surface area (Å²) < 4.78 is 0. The molecule has 0 spiro atoms. The molecule has 3 N–H and O–H groups in total. The topological polar surface area (TPSA) is 78.4 Å². The van der Waals surface area contributed by atoms with Crippen molar-refractivity contribution in [2.45, 2.75) is 25.8 Å². The summed E-state index contributed by atoms with van der Waals surface area (Å²) in [6.07, 6.45) is 0.178. The number of nitrogens with one attached hydrogen (secondary N) is 2. The Balaban J connectivity index is 2.00. The molecule has 2 amide bonds. The van der Waals surface area contributed by atoms with E-state index in [0.29, 0.717) is 15.7 Å². The second kappa shape index (κ2) is 8.54. The fourth-order valence-electron chi connectivity index (χ4n) is 2.22. The lowest BCUT2D eigenvalue weighted by Crippen LogP contribution is -2.46. The largest absolute Gasteiger partial charge is 0.394 e. The first kappa shape index (κ1) is 20.2. The number of aliphatic hydroxyl groups excluding tert-OH is 1. The monoisotopic (exact) mass is 394 g/mol. The third-order valence-electron chi connectivity index (χ3n) is 3.62. The summed E-state index contributed by atoms with van der Waals surface area (Å²) in [7, 11) is 0. The summed E-state index contributed by atoms with van der Waals surface area (Å²) in [6, 6.07) is 11.6. The molecule has 7 heteroatoms. The van der Waals surface area contributed by atoms with E-state index in [1.807, 2.05) is 0 Å². The number of hydrogen-bond acceptors (Lipinski definition) is 3. The van der Waals surface area contributed by atoms with Crippen molar-refractivity contribution in [1.82, 2.24) is 5.32 Å². The zero-order valence-electron chi connectivity index (χ0n) is 14.5. The summed E-state index contributed by atoms with van der Waals surface area (Å²) in [5.41, 5.74) is 0.982. The van der Waals surface area contributed by atoms with Crippen molar-refractivity contribution in [3.63, 3.8) is 0 Å². The van der Waals surface area contributed by atoms with Gasteiger partial charge in [0.05, 0.1) is 29.2 Å². The van der Waals surface area contributed by atoms with Crippen LogP contribution in [0.2, 0.25) is 10.0 Å². The van der Waals surface area contributed by atoms with Gasteiger partial charge in [0, 0.05) is 10.7 Å². The predicted molar refractivity (Wildman–Crippen MR) is 104 cm³/mol. The molecule has 0 saturated carbocycles. The van der Waals surface area contributed by atoms with Crippen LogP contribution in [0.15, 0.2) is 42.5 Å². The zero-order chi connectivity index (χ0) is 19.3. The molecule has 0 bridgehead atoms. The van der Waals surface area contributed by atoms with Crippen LogP contribution >= 0.6 is 23.2 Å². The Kier molecular flexibility index (Phi) is 6.64. The average molecular weight is 395 g/mol. The maximum Gasteiger partial charge on any atom is 0.257 e. The van der Waals surface area contributed by atoms with Gasteiger partial charge in [-0.1, -0.05) is 35.3 Å². The van der Waals surface area contributed by atoms with Crippen LogP contribution in [0.4, 0.5) is 5.69 Å². The van der Waals surface area contributed by atoms with E-state index in [-0.39, 0.29) is 30.4 Å². The van der Waals surface area contributed by atoms with Gasteiger partial charge in [-0.3, -0.25) is 9.59 Å². The Labute approximate surface area is 162 Å². The number of hydrogen-bond donors (Lipinski definition) is 3. The molecule has 2 aromatic rings. The number of halogens is 2. The van der Waals surface area contributed by atoms with E-state index in [2.05, 4.69) is 10.6 Å². The van der Waals surface area contributed by atoms with E-state index < -0.39 is 5.54 Å². The van der Waals surface area contributed by atoms with E-state index in [0.717, 1.165) is 5.56 Å². The predicted octanol–water partition coefficient (Wildman–Crippen LogP) is 3.68. The second-order valence-electron chi connectivity index (χ2n) is 6.54. The van der Waals surface area contributed by atoms with Crippen LogP contribution in [-0.4, -0.2) is 29.1 Å². The van der Waals surface area contributed by atoms with Gasteiger partial charge in [0.15, 0.2) is 0 Å². The third kappa shape index (κ3) is 5.73. The Morgan fingerprint density at radius 2 is 1.73 bits per heavy atom. The molecule has 2 rings (SSSR count). The van der Waals surface area contributed by atoms with Gasteiger partial charge >= 0.3 is 0 Å². The standard InChI is InChI=1S/C19H20Cl2N2O3/c1-19(2,11-24)23-17(25)9-12-3-6-14(7-4-12)22-18(26)15-10-13(20)5-8-16(15)21/h3-8,10,24H,9,11H2,1-2H3,(H,22,26)(H,23,25). The van der Waals surface area contributed by atoms with Gasteiger partial charge in [0.2, 0.25) is 5.91 Å². The molecule has 0 heterocycles. The van der Waals surface area contributed by atoms with Gasteiger partial charge in [-0.25, -0.2) is 0 Å². The van der Waals surface area contributed by atoms with Crippen molar-refractivity contribution in [2.75, 3.05) is 11.9 Å². The molecule has 0 radical (unpaired) electrons.